The number of rotatable bonds is 1. The first kappa shape index (κ1) is 16.2. The Hall–Kier alpha value is -1.19. The van der Waals surface area contributed by atoms with Crippen LogP contribution >= 0.6 is 0 Å². The van der Waals surface area contributed by atoms with Crippen molar-refractivity contribution < 1.29 is 13.2 Å². The highest BCUT2D eigenvalue weighted by Gasteiger charge is 2.31. The summed E-state index contributed by atoms with van der Waals surface area (Å²) in [5.74, 6) is 1.33. The predicted octanol–water partition coefficient (Wildman–Crippen LogP) is 5.28. The van der Waals surface area contributed by atoms with E-state index in [1.165, 1.54) is 12.1 Å². The molecule has 1 nitrogen and oxygen atoms in total. The fourth-order valence-corrected chi connectivity index (χ4v) is 3.01. The third kappa shape index (κ3) is 4.14. The van der Waals surface area contributed by atoms with Gasteiger partial charge in [-0.3, -0.25) is 0 Å². The SMILES string of the molecule is Cc1cc(N2CCCC(C)C(C)CC2)cc(C(F)(F)F)c1. The second-order valence-corrected chi connectivity index (χ2v) is 6.43. The van der Waals surface area contributed by atoms with Gasteiger partial charge in [0.05, 0.1) is 5.56 Å². The summed E-state index contributed by atoms with van der Waals surface area (Å²) in [5.41, 5.74) is 0.841. The summed E-state index contributed by atoms with van der Waals surface area (Å²) in [6.45, 7) is 7.93. The van der Waals surface area contributed by atoms with Crippen LogP contribution in [0.15, 0.2) is 18.2 Å². The van der Waals surface area contributed by atoms with Crippen LogP contribution in [-0.4, -0.2) is 13.1 Å². The zero-order valence-electron chi connectivity index (χ0n) is 13.0. The van der Waals surface area contributed by atoms with E-state index in [1.54, 1.807) is 6.92 Å². The highest BCUT2D eigenvalue weighted by atomic mass is 19.4. The van der Waals surface area contributed by atoms with Crippen LogP contribution in [0.2, 0.25) is 0 Å². The normalized spacial score (nSPS) is 24.6. The molecule has 2 unspecified atom stereocenters. The molecule has 1 fully saturated rings. The fraction of sp³-hybridized carbons (Fsp3) is 0.647. The van der Waals surface area contributed by atoms with Crippen molar-refractivity contribution in [2.75, 3.05) is 18.0 Å². The first-order chi connectivity index (χ1) is 9.77. The van der Waals surface area contributed by atoms with Crippen molar-refractivity contribution in [3.8, 4) is 0 Å². The van der Waals surface area contributed by atoms with E-state index in [2.05, 4.69) is 18.7 Å². The van der Waals surface area contributed by atoms with E-state index < -0.39 is 11.7 Å². The van der Waals surface area contributed by atoms with Crippen LogP contribution in [-0.2, 0) is 6.18 Å². The molecule has 1 aromatic rings. The fourth-order valence-electron chi connectivity index (χ4n) is 3.01. The lowest BCUT2D eigenvalue weighted by Crippen LogP contribution is -2.31. The lowest BCUT2D eigenvalue weighted by atomic mass is 9.87. The molecule has 1 saturated heterocycles. The second-order valence-electron chi connectivity index (χ2n) is 6.43. The number of anilines is 1. The van der Waals surface area contributed by atoms with E-state index in [1.807, 2.05) is 6.07 Å². The largest absolute Gasteiger partial charge is 0.416 e. The van der Waals surface area contributed by atoms with E-state index in [4.69, 9.17) is 0 Å². The summed E-state index contributed by atoms with van der Waals surface area (Å²) in [6, 6.07) is 4.38. The zero-order valence-corrected chi connectivity index (χ0v) is 13.0. The molecular weight excluding hydrogens is 275 g/mol. The molecule has 4 heteroatoms. The minimum absolute atomic E-state index is 0.541. The van der Waals surface area contributed by atoms with Gasteiger partial charge in [0.1, 0.15) is 0 Å². The number of aryl methyl sites for hydroxylation is 1. The van der Waals surface area contributed by atoms with Crippen molar-refractivity contribution in [1.29, 1.82) is 0 Å². The Morgan fingerprint density at radius 1 is 1.00 bits per heavy atom. The first-order valence-corrected chi connectivity index (χ1v) is 7.71. The molecule has 0 amide bonds. The van der Waals surface area contributed by atoms with Gasteiger partial charge in [0, 0.05) is 18.8 Å². The molecule has 0 spiro atoms. The van der Waals surface area contributed by atoms with Crippen LogP contribution in [0.25, 0.3) is 0 Å². The third-order valence-electron chi connectivity index (χ3n) is 4.67. The smallest absolute Gasteiger partial charge is 0.372 e. The molecule has 0 saturated carbocycles. The quantitative estimate of drug-likeness (QED) is 0.682. The lowest BCUT2D eigenvalue weighted by Gasteiger charge is -2.32. The first-order valence-electron chi connectivity index (χ1n) is 7.71. The monoisotopic (exact) mass is 299 g/mol. The van der Waals surface area contributed by atoms with Crippen LogP contribution in [0, 0.1) is 18.8 Å². The molecule has 118 valence electrons. The molecule has 1 aliphatic heterocycles. The molecular formula is C17H24F3N. The Balaban J connectivity index is 2.22. The average molecular weight is 299 g/mol. The Morgan fingerprint density at radius 3 is 2.33 bits per heavy atom. The number of nitrogens with zero attached hydrogens (tertiary/aromatic N) is 1. The highest BCUT2D eigenvalue weighted by Crippen LogP contribution is 2.34. The molecule has 0 aliphatic carbocycles. The molecule has 1 aromatic carbocycles. The predicted molar refractivity (Wildman–Crippen MR) is 80.6 cm³/mol. The van der Waals surface area contributed by atoms with Crippen LogP contribution < -0.4 is 4.90 Å². The number of alkyl halides is 3. The molecule has 2 atom stereocenters. The molecule has 0 radical (unpaired) electrons. The van der Waals surface area contributed by atoms with Gasteiger partial charge in [-0.2, -0.15) is 13.2 Å². The van der Waals surface area contributed by atoms with Crippen LogP contribution in [0.4, 0.5) is 18.9 Å². The Labute approximate surface area is 125 Å². The summed E-state index contributed by atoms with van der Waals surface area (Å²) in [7, 11) is 0. The van der Waals surface area contributed by atoms with Crippen molar-refractivity contribution >= 4 is 5.69 Å². The Morgan fingerprint density at radius 2 is 1.67 bits per heavy atom. The van der Waals surface area contributed by atoms with E-state index in [0.29, 0.717) is 23.1 Å². The molecule has 0 bridgehead atoms. The summed E-state index contributed by atoms with van der Waals surface area (Å²) >= 11 is 0. The van der Waals surface area contributed by atoms with Crippen molar-refractivity contribution in [3.05, 3.63) is 29.3 Å². The van der Waals surface area contributed by atoms with Gasteiger partial charge in [-0.1, -0.05) is 13.8 Å². The van der Waals surface area contributed by atoms with Crippen LogP contribution in [0.3, 0.4) is 0 Å². The maximum Gasteiger partial charge on any atom is 0.416 e. The molecule has 1 aliphatic rings. The van der Waals surface area contributed by atoms with E-state index in [0.717, 1.165) is 32.4 Å². The number of hydrogen-bond acceptors (Lipinski definition) is 1. The summed E-state index contributed by atoms with van der Waals surface area (Å²) in [4.78, 5) is 2.12. The number of benzene rings is 1. The molecule has 0 aromatic heterocycles. The van der Waals surface area contributed by atoms with Gasteiger partial charge < -0.3 is 4.90 Å². The lowest BCUT2D eigenvalue weighted by molar-refractivity contribution is -0.137. The van der Waals surface area contributed by atoms with Gasteiger partial charge in [-0.15, -0.1) is 0 Å². The van der Waals surface area contributed by atoms with Crippen molar-refractivity contribution in [2.45, 2.75) is 46.2 Å². The van der Waals surface area contributed by atoms with Gasteiger partial charge >= 0.3 is 6.18 Å². The highest BCUT2D eigenvalue weighted by molar-refractivity contribution is 5.51. The van der Waals surface area contributed by atoms with Gasteiger partial charge in [-0.05, 0) is 61.8 Å². The topological polar surface area (TPSA) is 3.24 Å². The van der Waals surface area contributed by atoms with E-state index in [9.17, 15) is 13.2 Å². The minimum atomic E-state index is -4.27. The maximum atomic E-state index is 13.0. The molecule has 0 N–H and O–H groups in total. The third-order valence-corrected chi connectivity index (χ3v) is 4.67. The van der Waals surface area contributed by atoms with E-state index >= 15 is 0 Å². The summed E-state index contributed by atoms with van der Waals surface area (Å²) < 4.78 is 38.9. The zero-order chi connectivity index (χ0) is 15.6. The van der Waals surface area contributed by atoms with E-state index in [-0.39, 0.29) is 0 Å². The standard InChI is InChI=1S/C17H24F3N/c1-12-9-15(17(18,19)20)11-16(10-12)21-7-4-5-13(2)14(3)6-8-21/h9-11,13-14H,4-8H2,1-3H3. The van der Waals surface area contributed by atoms with Crippen molar-refractivity contribution in [3.63, 3.8) is 0 Å². The second kappa shape index (κ2) is 6.29. The molecule has 21 heavy (non-hydrogen) atoms. The minimum Gasteiger partial charge on any atom is -0.372 e. The van der Waals surface area contributed by atoms with Crippen LogP contribution in [0.5, 0.6) is 0 Å². The van der Waals surface area contributed by atoms with Gasteiger partial charge in [0.15, 0.2) is 0 Å². The summed E-state index contributed by atoms with van der Waals surface area (Å²) in [6.07, 6.45) is -1.04. The van der Waals surface area contributed by atoms with Gasteiger partial charge in [0.2, 0.25) is 0 Å². The van der Waals surface area contributed by atoms with Gasteiger partial charge in [-0.25, -0.2) is 0 Å². The molecule has 2 rings (SSSR count). The van der Waals surface area contributed by atoms with Crippen LogP contribution in [0.1, 0.15) is 44.2 Å². The Kier molecular flexibility index (Phi) is 4.84. The summed E-state index contributed by atoms with van der Waals surface area (Å²) in [5, 5.41) is 0. The average Bonchev–Trinajstić information content (AvgIpc) is 2.38. The maximum absolute atomic E-state index is 13.0. The van der Waals surface area contributed by atoms with Crippen molar-refractivity contribution in [2.24, 2.45) is 11.8 Å². The molecule has 1 heterocycles. The Bertz CT molecular complexity index is 481. The van der Waals surface area contributed by atoms with Crippen molar-refractivity contribution in [1.82, 2.24) is 0 Å². The number of halogens is 3. The number of hydrogen-bond donors (Lipinski definition) is 0. The van der Waals surface area contributed by atoms with Gasteiger partial charge in [0.25, 0.3) is 0 Å².